The van der Waals surface area contributed by atoms with Gasteiger partial charge in [0.2, 0.25) is 0 Å². The van der Waals surface area contributed by atoms with Gasteiger partial charge in [0.1, 0.15) is 5.75 Å². The first-order chi connectivity index (χ1) is 10.3. The van der Waals surface area contributed by atoms with Crippen LogP contribution in [0.25, 0.3) is 0 Å². The SMILES string of the molecule is COc1ccc([C@H]2CCCN2Cc2cccc(C)c2)cc1. The molecule has 1 heterocycles. The maximum atomic E-state index is 5.25. The van der Waals surface area contributed by atoms with Crippen LogP contribution in [0.3, 0.4) is 0 Å². The zero-order valence-electron chi connectivity index (χ0n) is 12.9. The smallest absolute Gasteiger partial charge is 0.118 e. The van der Waals surface area contributed by atoms with Crippen molar-refractivity contribution in [3.8, 4) is 5.75 Å². The number of methoxy groups -OCH3 is 1. The monoisotopic (exact) mass is 281 g/mol. The molecule has 2 nitrogen and oxygen atoms in total. The summed E-state index contributed by atoms with van der Waals surface area (Å²) in [6.07, 6.45) is 2.53. The van der Waals surface area contributed by atoms with Crippen LogP contribution in [0.4, 0.5) is 0 Å². The quantitative estimate of drug-likeness (QED) is 0.826. The molecule has 21 heavy (non-hydrogen) atoms. The third kappa shape index (κ3) is 3.27. The van der Waals surface area contributed by atoms with E-state index in [1.54, 1.807) is 7.11 Å². The van der Waals surface area contributed by atoms with Crippen LogP contribution < -0.4 is 4.74 Å². The summed E-state index contributed by atoms with van der Waals surface area (Å²) in [5, 5.41) is 0. The molecule has 1 saturated heterocycles. The van der Waals surface area contributed by atoms with Crippen LogP contribution in [0.2, 0.25) is 0 Å². The summed E-state index contributed by atoms with van der Waals surface area (Å²) in [4.78, 5) is 2.59. The fourth-order valence-corrected chi connectivity index (χ4v) is 3.26. The maximum Gasteiger partial charge on any atom is 0.118 e. The molecule has 0 unspecified atom stereocenters. The van der Waals surface area contributed by atoms with Gasteiger partial charge in [0, 0.05) is 12.6 Å². The Kier molecular flexibility index (Phi) is 4.26. The van der Waals surface area contributed by atoms with E-state index in [1.807, 2.05) is 0 Å². The molecule has 0 radical (unpaired) electrons. The van der Waals surface area contributed by atoms with Gasteiger partial charge in [0.25, 0.3) is 0 Å². The van der Waals surface area contributed by atoms with Crippen LogP contribution >= 0.6 is 0 Å². The van der Waals surface area contributed by atoms with Gasteiger partial charge in [-0.3, -0.25) is 4.90 Å². The number of likely N-dealkylation sites (tertiary alicyclic amines) is 1. The summed E-state index contributed by atoms with van der Waals surface area (Å²) in [6.45, 7) is 4.39. The molecule has 3 rings (SSSR count). The highest BCUT2D eigenvalue weighted by Crippen LogP contribution is 2.33. The number of aryl methyl sites for hydroxylation is 1. The maximum absolute atomic E-state index is 5.25. The van der Waals surface area contributed by atoms with Crippen LogP contribution in [-0.4, -0.2) is 18.6 Å². The number of benzene rings is 2. The zero-order chi connectivity index (χ0) is 14.7. The first kappa shape index (κ1) is 14.2. The molecular weight excluding hydrogens is 258 g/mol. The Bertz CT molecular complexity index is 591. The lowest BCUT2D eigenvalue weighted by Crippen LogP contribution is -2.22. The van der Waals surface area contributed by atoms with Crippen molar-refractivity contribution in [3.63, 3.8) is 0 Å². The fourth-order valence-electron chi connectivity index (χ4n) is 3.26. The van der Waals surface area contributed by atoms with E-state index in [4.69, 9.17) is 4.74 Å². The van der Waals surface area contributed by atoms with Gasteiger partial charge in [0.15, 0.2) is 0 Å². The molecule has 0 amide bonds. The first-order valence-corrected chi connectivity index (χ1v) is 7.70. The number of ether oxygens (including phenoxy) is 1. The molecule has 0 saturated carbocycles. The predicted octanol–water partition coefficient (Wildman–Crippen LogP) is 4.34. The predicted molar refractivity (Wildman–Crippen MR) is 86.6 cm³/mol. The Morgan fingerprint density at radius 1 is 1.14 bits per heavy atom. The van der Waals surface area contributed by atoms with Gasteiger partial charge < -0.3 is 4.74 Å². The molecule has 1 aliphatic heterocycles. The number of rotatable bonds is 4. The molecule has 0 spiro atoms. The lowest BCUT2D eigenvalue weighted by atomic mass is 10.0. The van der Waals surface area contributed by atoms with E-state index in [9.17, 15) is 0 Å². The molecule has 0 aliphatic carbocycles. The van der Waals surface area contributed by atoms with Gasteiger partial charge in [-0.1, -0.05) is 42.0 Å². The zero-order valence-corrected chi connectivity index (χ0v) is 12.9. The summed E-state index contributed by atoms with van der Waals surface area (Å²) < 4.78 is 5.25. The molecule has 0 bridgehead atoms. The van der Waals surface area contributed by atoms with Crippen molar-refractivity contribution in [2.75, 3.05) is 13.7 Å². The van der Waals surface area contributed by atoms with Crippen LogP contribution in [-0.2, 0) is 6.54 Å². The average molecular weight is 281 g/mol. The third-order valence-corrected chi connectivity index (χ3v) is 4.33. The Morgan fingerprint density at radius 2 is 1.95 bits per heavy atom. The molecular formula is C19H23NO. The Balaban J connectivity index is 1.75. The highest BCUT2D eigenvalue weighted by molar-refractivity contribution is 5.30. The molecule has 2 aromatic rings. The van der Waals surface area contributed by atoms with E-state index >= 15 is 0 Å². The van der Waals surface area contributed by atoms with Gasteiger partial charge in [0.05, 0.1) is 7.11 Å². The highest BCUT2D eigenvalue weighted by Gasteiger charge is 2.25. The summed E-state index contributed by atoms with van der Waals surface area (Å²) in [6, 6.07) is 17.9. The van der Waals surface area contributed by atoms with Crippen molar-refractivity contribution in [2.24, 2.45) is 0 Å². The minimum atomic E-state index is 0.538. The lowest BCUT2D eigenvalue weighted by Gasteiger charge is -2.25. The minimum Gasteiger partial charge on any atom is -0.497 e. The highest BCUT2D eigenvalue weighted by atomic mass is 16.5. The van der Waals surface area contributed by atoms with Gasteiger partial charge >= 0.3 is 0 Å². The van der Waals surface area contributed by atoms with Crippen LogP contribution in [0, 0.1) is 6.92 Å². The molecule has 2 aromatic carbocycles. The van der Waals surface area contributed by atoms with E-state index in [1.165, 1.54) is 36.1 Å². The van der Waals surface area contributed by atoms with E-state index in [0.29, 0.717) is 6.04 Å². The minimum absolute atomic E-state index is 0.538. The van der Waals surface area contributed by atoms with Crippen molar-refractivity contribution in [1.82, 2.24) is 4.90 Å². The van der Waals surface area contributed by atoms with E-state index in [-0.39, 0.29) is 0 Å². The van der Waals surface area contributed by atoms with Crippen molar-refractivity contribution < 1.29 is 4.74 Å². The topological polar surface area (TPSA) is 12.5 Å². The van der Waals surface area contributed by atoms with Crippen LogP contribution in [0.5, 0.6) is 5.75 Å². The number of nitrogens with zero attached hydrogens (tertiary/aromatic N) is 1. The van der Waals surface area contributed by atoms with Gasteiger partial charge in [-0.05, 0) is 49.6 Å². The van der Waals surface area contributed by atoms with Crippen molar-refractivity contribution in [2.45, 2.75) is 32.4 Å². The molecule has 2 heteroatoms. The number of hydrogen-bond donors (Lipinski definition) is 0. The second-order valence-electron chi connectivity index (χ2n) is 5.89. The second-order valence-corrected chi connectivity index (χ2v) is 5.89. The van der Waals surface area contributed by atoms with Gasteiger partial charge in [-0.15, -0.1) is 0 Å². The third-order valence-electron chi connectivity index (χ3n) is 4.33. The summed E-state index contributed by atoms with van der Waals surface area (Å²) in [5.41, 5.74) is 4.16. The first-order valence-electron chi connectivity index (χ1n) is 7.70. The van der Waals surface area contributed by atoms with E-state index in [2.05, 4.69) is 60.4 Å². The van der Waals surface area contributed by atoms with Crippen molar-refractivity contribution in [3.05, 3.63) is 65.2 Å². The second kappa shape index (κ2) is 6.31. The van der Waals surface area contributed by atoms with E-state index < -0.39 is 0 Å². The molecule has 1 aliphatic rings. The fraction of sp³-hybridized carbons (Fsp3) is 0.368. The van der Waals surface area contributed by atoms with Gasteiger partial charge in [-0.2, -0.15) is 0 Å². The summed E-state index contributed by atoms with van der Waals surface area (Å²) in [7, 11) is 1.72. The van der Waals surface area contributed by atoms with E-state index in [0.717, 1.165) is 12.3 Å². The molecule has 0 aromatic heterocycles. The molecule has 0 N–H and O–H groups in total. The number of hydrogen-bond acceptors (Lipinski definition) is 2. The Labute approximate surface area is 127 Å². The average Bonchev–Trinajstić information content (AvgIpc) is 2.95. The summed E-state index contributed by atoms with van der Waals surface area (Å²) in [5.74, 6) is 0.932. The summed E-state index contributed by atoms with van der Waals surface area (Å²) >= 11 is 0. The van der Waals surface area contributed by atoms with Crippen molar-refractivity contribution >= 4 is 0 Å². The molecule has 1 fully saturated rings. The largest absolute Gasteiger partial charge is 0.497 e. The standard InChI is InChI=1S/C19H23NO/c1-15-5-3-6-16(13-15)14-20-12-4-7-19(20)17-8-10-18(21-2)11-9-17/h3,5-6,8-11,13,19H,4,7,12,14H2,1-2H3/t19-/m1/s1. The van der Waals surface area contributed by atoms with Crippen LogP contribution in [0.15, 0.2) is 48.5 Å². The van der Waals surface area contributed by atoms with Crippen LogP contribution in [0.1, 0.15) is 35.6 Å². The Hall–Kier alpha value is -1.80. The van der Waals surface area contributed by atoms with Crippen molar-refractivity contribution in [1.29, 1.82) is 0 Å². The molecule has 1 atom stereocenters. The normalized spacial score (nSPS) is 18.9. The lowest BCUT2D eigenvalue weighted by molar-refractivity contribution is 0.248. The Morgan fingerprint density at radius 3 is 2.67 bits per heavy atom. The molecule has 110 valence electrons. The van der Waals surface area contributed by atoms with Gasteiger partial charge in [-0.25, -0.2) is 0 Å².